The molecule has 2 N–H and O–H groups in total. The van der Waals surface area contributed by atoms with Crippen LogP contribution in [0.5, 0.6) is 0 Å². The zero-order valence-electron chi connectivity index (χ0n) is 7.96. The normalized spacial score (nSPS) is 12.7. The lowest BCUT2D eigenvalue weighted by molar-refractivity contribution is 0.664. The second-order valence-corrected chi connectivity index (χ2v) is 3.11. The molecular weight excluding hydrogens is 176 g/mol. The minimum Gasteiger partial charge on any atom is -0.318 e. The van der Waals surface area contributed by atoms with Crippen LogP contribution in [0.3, 0.4) is 0 Å². The molecule has 4 nitrogen and oxygen atoms in total. The van der Waals surface area contributed by atoms with E-state index < -0.39 is 0 Å². The average Bonchev–Trinajstić information content (AvgIpc) is 2.65. The molecule has 1 atom stereocenters. The van der Waals surface area contributed by atoms with Crippen LogP contribution in [0.15, 0.2) is 36.7 Å². The molecule has 14 heavy (non-hydrogen) atoms. The minimum atomic E-state index is -0.205. The fraction of sp³-hybridized carbons (Fsp3) is 0.200. The van der Waals surface area contributed by atoms with Crippen molar-refractivity contribution in [2.24, 2.45) is 12.8 Å². The third kappa shape index (κ3) is 1.52. The van der Waals surface area contributed by atoms with Crippen molar-refractivity contribution in [3.63, 3.8) is 0 Å². The second kappa shape index (κ2) is 3.59. The SMILES string of the molecule is Cn1nccc1C(N)c1ccccn1. The summed E-state index contributed by atoms with van der Waals surface area (Å²) in [6, 6.07) is 7.42. The largest absolute Gasteiger partial charge is 0.318 e. The highest BCUT2D eigenvalue weighted by Crippen LogP contribution is 2.15. The summed E-state index contributed by atoms with van der Waals surface area (Å²) in [4.78, 5) is 4.21. The molecule has 4 heteroatoms. The summed E-state index contributed by atoms with van der Waals surface area (Å²) in [5.74, 6) is 0. The molecule has 72 valence electrons. The predicted octanol–water partition coefficient (Wildman–Crippen LogP) is 0.863. The first-order valence-corrected chi connectivity index (χ1v) is 4.43. The molecule has 2 heterocycles. The van der Waals surface area contributed by atoms with Gasteiger partial charge in [0.2, 0.25) is 0 Å². The summed E-state index contributed by atoms with van der Waals surface area (Å²) in [6.07, 6.45) is 3.48. The fourth-order valence-electron chi connectivity index (χ4n) is 1.40. The second-order valence-electron chi connectivity index (χ2n) is 3.11. The van der Waals surface area contributed by atoms with Crippen molar-refractivity contribution in [1.29, 1.82) is 0 Å². The molecule has 0 fully saturated rings. The summed E-state index contributed by atoms with van der Waals surface area (Å²) < 4.78 is 1.76. The highest BCUT2D eigenvalue weighted by molar-refractivity contribution is 5.20. The fourth-order valence-corrected chi connectivity index (χ4v) is 1.40. The molecule has 2 rings (SSSR count). The van der Waals surface area contributed by atoms with E-state index in [2.05, 4.69) is 10.1 Å². The number of nitrogens with zero attached hydrogens (tertiary/aromatic N) is 3. The van der Waals surface area contributed by atoms with Gasteiger partial charge in [-0.25, -0.2) is 0 Å². The highest BCUT2D eigenvalue weighted by Gasteiger charge is 2.12. The van der Waals surface area contributed by atoms with Crippen LogP contribution in [0.4, 0.5) is 0 Å². The van der Waals surface area contributed by atoms with Gasteiger partial charge in [0.1, 0.15) is 0 Å². The summed E-state index contributed by atoms with van der Waals surface area (Å²) in [5, 5.41) is 4.07. The van der Waals surface area contributed by atoms with Crippen molar-refractivity contribution in [3.05, 3.63) is 48.0 Å². The number of pyridine rings is 1. The van der Waals surface area contributed by atoms with E-state index in [4.69, 9.17) is 5.73 Å². The molecule has 0 aliphatic heterocycles. The van der Waals surface area contributed by atoms with Crippen molar-refractivity contribution >= 4 is 0 Å². The van der Waals surface area contributed by atoms with Gasteiger partial charge in [-0.1, -0.05) is 6.07 Å². The molecule has 0 bridgehead atoms. The molecule has 0 spiro atoms. The average molecular weight is 188 g/mol. The van der Waals surface area contributed by atoms with Crippen LogP contribution in [0.2, 0.25) is 0 Å². The van der Waals surface area contributed by atoms with Crippen LogP contribution < -0.4 is 5.73 Å². The molecule has 0 aliphatic rings. The Morgan fingerprint density at radius 2 is 2.14 bits per heavy atom. The molecule has 2 aromatic rings. The van der Waals surface area contributed by atoms with Crippen LogP contribution in [0, 0.1) is 0 Å². The third-order valence-corrected chi connectivity index (χ3v) is 2.18. The summed E-state index contributed by atoms with van der Waals surface area (Å²) >= 11 is 0. The first-order chi connectivity index (χ1) is 6.79. The van der Waals surface area contributed by atoms with E-state index in [-0.39, 0.29) is 6.04 Å². The zero-order chi connectivity index (χ0) is 9.97. The maximum absolute atomic E-state index is 6.04. The number of rotatable bonds is 2. The first-order valence-electron chi connectivity index (χ1n) is 4.43. The van der Waals surface area contributed by atoms with Crippen molar-refractivity contribution in [3.8, 4) is 0 Å². The monoisotopic (exact) mass is 188 g/mol. The summed E-state index contributed by atoms with van der Waals surface area (Å²) in [6.45, 7) is 0. The Balaban J connectivity index is 2.34. The van der Waals surface area contributed by atoms with Crippen LogP contribution >= 0.6 is 0 Å². The molecule has 0 amide bonds. The van der Waals surface area contributed by atoms with Gasteiger partial charge in [0, 0.05) is 19.4 Å². The molecule has 0 saturated carbocycles. The Labute approximate surface area is 82.4 Å². The van der Waals surface area contributed by atoms with Crippen LogP contribution in [-0.2, 0) is 7.05 Å². The van der Waals surface area contributed by atoms with Crippen molar-refractivity contribution in [2.45, 2.75) is 6.04 Å². The van der Waals surface area contributed by atoms with Gasteiger partial charge >= 0.3 is 0 Å². The zero-order valence-corrected chi connectivity index (χ0v) is 7.96. The number of aromatic nitrogens is 3. The standard InChI is InChI=1S/C10H12N4/c1-14-9(5-7-13-14)10(11)8-4-2-3-6-12-8/h2-7,10H,11H2,1H3. The van der Waals surface area contributed by atoms with Gasteiger partial charge in [0.25, 0.3) is 0 Å². The molecule has 2 aromatic heterocycles. The lowest BCUT2D eigenvalue weighted by atomic mass is 10.1. The van der Waals surface area contributed by atoms with Gasteiger partial charge in [0.05, 0.1) is 17.4 Å². The van der Waals surface area contributed by atoms with E-state index >= 15 is 0 Å². The minimum absolute atomic E-state index is 0.205. The first kappa shape index (κ1) is 8.90. The van der Waals surface area contributed by atoms with Crippen LogP contribution in [0.25, 0.3) is 0 Å². The van der Waals surface area contributed by atoms with Crippen molar-refractivity contribution < 1.29 is 0 Å². The van der Waals surface area contributed by atoms with Gasteiger partial charge in [-0.3, -0.25) is 9.67 Å². The Hall–Kier alpha value is -1.68. The third-order valence-electron chi connectivity index (χ3n) is 2.18. The van der Waals surface area contributed by atoms with Crippen LogP contribution in [0.1, 0.15) is 17.4 Å². The van der Waals surface area contributed by atoms with Gasteiger partial charge < -0.3 is 5.73 Å². The van der Waals surface area contributed by atoms with E-state index in [1.165, 1.54) is 0 Å². The molecular formula is C10H12N4. The van der Waals surface area contributed by atoms with Crippen molar-refractivity contribution in [2.75, 3.05) is 0 Å². The number of hydrogen-bond donors (Lipinski definition) is 1. The number of nitrogens with two attached hydrogens (primary N) is 1. The lowest BCUT2D eigenvalue weighted by Crippen LogP contribution is -2.16. The molecule has 0 aliphatic carbocycles. The highest BCUT2D eigenvalue weighted by atomic mass is 15.3. The molecule has 0 radical (unpaired) electrons. The quantitative estimate of drug-likeness (QED) is 0.760. The maximum Gasteiger partial charge on any atom is 0.0896 e. The van der Waals surface area contributed by atoms with Gasteiger partial charge in [-0.15, -0.1) is 0 Å². The van der Waals surface area contributed by atoms with Gasteiger partial charge in [-0.2, -0.15) is 5.10 Å². The van der Waals surface area contributed by atoms with Gasteiger partial charge in [-0.05, 0) is 18.2 Å². The molecule has 0 saturated heterocycles. The number of aryl methyl sites for hydroxylation is 1. The number of hydrogen-bond acceptors (Lipinski definition) is 3. The van der Waals surface area contributed by atoms with Crippen LogP contribution in [-0.4, -0.2) is 14.8 Å². The lowest BCUT2D eigenvalue weighted by Gasteiger charge is -2.10. The Kier molecular flexibility index (Phi) is 2.28. The molecule has 0 aromatic carbocycles. The summed E-state index contributed by atoms with van der Waals surface area (Å²) in [7, 11) is 1.87. The van der Waals surface area contributed by atoms with Gasteiger partial charge in [0.15, 0.2) is 0 Å². The predicted molar refractivity (Wildman–Crippen MR) is 53.5 cm³/mol. The van der Waals surface area contributed by atoms with Crippen molar-refractivity contribution in [1.82, 2.24) is 14.8 Å². The topological polar surface area (TPSA) is 56.7 Å². The maximum atomic E-state index is 6.04. The van der Waals surface area contributed by atoms with E-state index in [0.717, 1.165) is 11.4 Å². The van der Waals surface area contributed by atoms with E-state index in [1.54, 1.807) is 17.1 Å². The summed E-state index contributed by atoms with van der Waals surface area (Å²) in [5.41, 5.74) is 7.86. The Morgan fingerprint density at radius 3 is 2.71 bits per heavy atom. The van der Waals surface area contributed by atoms with E-state index in [0.29, 0.717) is 0 Å². The molecule has 1 unspecified atom stereocenters. The Morgan fingerprint density at radius 1 is 1.29 bits per heavy atom. The Bertz CT molecular complexity index is 407. The smallest absolute Gasteiger partial charge is 0.0896 e. The van der Waals surface area contributed by atoms with E-state index in [9.17, 15) is 0 Å². The van der Waals surface area contributed by atoms with E-state index in [1.807, 2.05) is 31.3 Å².